The maximum Gasteiger partial charge on any atom is 0.253 e. The van der Waals surface area contributed by atoms with E-state index in [9.17, 15) is 9.59 Å². The molecule has 1 saturated heterocycles. The molecule has 2 aromatic heterocycles. The second kappa shape index (κ2) is 12.4. The molecular formula is C26H32N6O2S. The van der Waals surface area contributed by atoms with Crippen LogP contribution in [0.5, 0.6) is 0 Å². The third kappa shape index (κ3) is 6.88. The fourth-order valence-corrected chi connectivity index (χ4v) is 5.37. The predicted octanol–water partition coefficient (Wildman–Crippen LogP) is 3.55. The van der Waals surface area contributed by atoms with Gasteiger partial charge in [-0.1, -0.05) is 0 Å². The van der Waals surface area contributed by atoms with Crippen LogP contribution in [0.1, 0.15) is 65.5 Å². The summed E-state index contributed by atoms with van der Waals surface area (Å²) in [5, 5.41) is 25.1. The average molecular weight is 493 g/mol. The fraction of sp³-hybridized carbons (Fsp3) is 0.500. The molecule has 1 atom stereocenters. The van der Waals surface area contributed by atoms with Crippen LogP contribution in [0.2, 0.25) is 0 Å². The number of nitrogens with one attached hydrogen (secondary N) is 1. The highest BCUT2D eigenvalue weighted by molar-refractivity contribution is 7.07. The summed E-state index contributed by atoms with van der Waals surface area (Å²) in [7, 11) is 0. The third-order valence-corrected chi connectivity index (χ3v) is 7.37. The SMILES string of the molecule is Cc1cc(C#N)nc(C)c1C(=O)NCC[C@@H](C)N1CCC(N(Cc2ccsc2)C(=O)CC#N)CC1. The first-order valence-corrected chi connectivity index (χ1v) is 12.9. The molecule has 8 nitrogen and oxygen atoms in total. The number of pyridine rings is 1. The van der Waals surface area contributed by atoms with Crippen molar-refractivity contribution in [2.75, 3.05) is 19.6 Å². The Morgan fingerprint density at radius 1 is 1.31 bits per heavy atom. The molecule has 2 aromatic rings. The standard InChI is InChI=1S/C26H32N6O2S/c1-18-14-22(15-28)30-20(3)25(18)26(34)29-10-5-19(2)31-11-6-23(7-12-31)32(24(33)4-9-27)16-21-8-13-35-17-21/h8,13-14,17,19,23H,4-7,10-12,16H2,1-3H3,(H,29,34)/t19-/m1/s1. The lowest BCUT2D eigenvalue weighted by atomic mass is 9.99. The number of nitriles is 2. The molecule has 0 aliphatic carbocycles. The summed E-state index contributed by atoms with van der Waals surface area (Å²) in [4.78, 5) is 33.8. The summed E-state index contributed by atoms with van der Waals surface area (Å²) in [6.45, 7) is 8.58. The Hall–Kier alpha value is -3.27. The summed E-state index contributed by atoms with van der Waals surface area (Å²) in [5.74, 6) is -0.265. The van der Waals surface area contributed by atoms with Crippen molar-refractivity contribution < 1.29 is 9.59 Å². The van der Waals surface area contributed by atoms with E-state index in [-0.39, 0.29) is 30.3 Å². The van der Waals surface area contributed by atoms with Gasteiger partial charge in [0.2, 0.25) is 5.91 Å². The van der Waals surface area contributed by atoms with Crippen LogP contribution in [0.4, 0.5) is 0 Å². The van der Waals surface area contributed by atoms with Gasteiger partial charge in [0.1, 0.15) is 18.2 Å². The Kier molecular flexibility index (Phi) is 9.36. The minimum absolute atomic E-state index is 0.0891. The maximum atomic E-state index is 12.7. The van der Waals surface area contributed by atoms with Crippen LogP contribution in [0.15, 0.2) is 22.9 Å². The average Bonchev–Trinajstić information content (AvgIpc) is 3.35. The number of carbonyl (C=O) groups is 2. The number of carbonyl (C=O) groups excluding carboxylic acids is 2. The fourth-order valence-electron chi connectivity index (χ4n) is 4.71. The number of aromatic nitrogens is 1. The lowest BCUT2D eigenvalue weighted by Crippen LogP contribution is -2.49. The molecule has 9 heteroatoms. The Labute approximate surface area is 211 Å². The summed E-state index contributed by atoms with van der Waals surface area (Å²) >= 11 is 1.61. The second-order valence-electron chi connectivity index (χ2n) is 9.05. The van der Waals surface area contributed by atoms with Crippen molar-refractivity contribution in [1.29, 1.82) is 10.5 Å². The van der Waals surface area contributed by atoms with E-state index >= 15 is 0 Å². The lowest BCUT2D eigenvalue weighted by molar-refractivity contribution is -0.134. The molecule has 1 aliphatic heterocycles. The van der Waals surface area contributed by atoms with Gasteiger partial charge in [-0.15, -0.1) is 0 Å². The van der Waals surface area contributed by atoms with E-state index in [4.69, 9.17) is 10.5 Å². The highest BCUT2D eigenvalue weighted by atomic mass is 32.1. The van der Waals surface area contributed by atoms with Crippen molar-refractivity contribution in [2.24, 2.45) is 0 Å². The van der Waals surface area contributed by atoms with Crippen LogP contribution in [-0.4, -0.2) is 58.3 Å². The van der Waals surface area contributed by atoms with Gasteiger partial charge >= 0.3 is 0 Å². The first kappa shape index (κ1) is 26.3. The number of aryl methyl sites for hydroxylation is 2. The highest BCUT2D eigenvalue weighted by Gasteiger charge is 2.29. The zero-order valence-corrected chi connectivity index (χ0v) is 21.4. The Morgan fingerprint density at radius 3 is 2.66 bits per heavy atom. The van der Waals surface area contributed by atoms with Gasteiger partial charge in [-0.25, -0.2) is 4.98 Å². The molecule has 1 N–H and O–H groups in total. The number of hydrogen-bond donors (Lipinski definition) is 1. The normalized spacial score (nSPS) is 15.1. The van der Waals surface area contributed by atoms with Gasteiger partial charge in [0.25, 0.3) is 5.91 Å². The quantitative estimate of drug-likeness (QED) is 0.573. The molecule has 0 aromatic carbocycles. The Bertz CT molecular complexity index is 1090. The minimum Gasteiger partial charge on any atom is -0.352 e. The van der Waals surface area contributed by atoms with Crippen LogP contribution in [-0.2, 0) is 11.3 Å². The van der Waals surface area contributed by atoms with E-state index in [1.165, 1.54) is 0 Å². The molecule has 35 heavy (non-hydrogen) atoms. The number of amides is 2. The number of thiophene rings is 1. The lowest BCUT2D eigenvalue weighted by Gasteiger charge is -2.40. The monoisotopic (exact) mass is 492 g/mol. The van der Waals surface area contributed by atoms with Gasteiger partial charge in [0.15, 0.2) is 0 Å². The van der Waals surface area contributed by atoms with Crippen molar-refractivity contribution in [3.05, 3.63) is 51.0 Å². The maximum absolute atomic E-state index is 12.7. The Morgan fingerprint density at radius 2 is 2.06 bits per heavy atom. The predicted molar refractivity (Wildman–Crippen MR) is 135 cm³/mol. The zero-order valence-electron chi connectivity index (χ0n) is 20.6. The molecule has 2 amide bonds. The van der Waals surface area contributed by atoms with Gasteiger partial charge in [-0.3, -0.25) is 9.59 Å². The highest BCUT2D eigenvalue weighted by Crippen LogP contribution is 2.23. The van der Waals surface area contributed by atoms with Gasteiger partial charge in [0.05, 0.1) is 17.3 Å². The number of nitrogens with zero attached hydrogens (tertiary/aromatic N) is 5. The molecule has 0 bridgehead atoms. The smallest absolute Gasteiger partial charge is 0.253 e. The van der Waals surface area contributed by atoms with Crippen molar-refractivity contribution in [2.45, 2.75) is 65.1 Å². The minimum atomic E-state index is -0.164. The molecule has 0 unspecified atom stereocenters. The first-order valence-electron chi connectivity index (χ1n) is 11.9. The first-order chi connectivity index (χ1) is 16.8. The number of piperidine rings is 1. The Balaban J connectivity index is 1.49. The van der Waals surface area contributed by atoms with E-state index in [1.807, 2.05) is 35.4 Å². The molecule has 3 rings (SSSR count). The molecule has 184 valence electrons. The van der Waals surface area contributed by atoms with E-state index in [0.717, 1.165) is 43.5 Å². The van der Waals surface area contributed by atoms with Gasteiger partial charge in [-0.2, -0.15) is 21.9 Å². The van der Waals surface area contributed by atoms with Gasteiger partial charge in [-0.05, 0) is 74.1 Å². The van der Waals surface area contributed by atoms with E-state index < -0.39 is 0 Å². The zero-order chi connectivity index (χ0) is 25.4. The van der Waals surface area contributed by atoms with E-state index in [0.29, 0.717) is 30.0 Å². The van der Waals surface area contributed by atoms with Crippen molar-refractivity contribution in [3.63, 3.8) is 0 Å². The molecule has 1 aliphatic rings. The molecule has 1 fully saturated rings. The van der Waals surface area contributed by atoms with Gasteiger partial charge < -0.3 is 15.1 Å². The van der Waals surface area contributed by atoms with Crippen LogP contribution in [0.25, 0.3) is 0 Å². The number of likely N-dealkylation sites (tertiary alicyclic amines) is 1. The summed E-state index contributed by atoms with van der Waals surface area (Å²) in [6, 6.07) is 8.10. The van der Waals surface area contributed by atoms with Crippen LogP contribution in [0, 0.1) is 36.5 Å². The van der Waals surface area contributed by atoms with Crippen LogP contribution >= 0.6 is 11.3 Å². The van der Waals surface area contributed by atoms with E-state index in [2.05, 4.69) is 27.5 Å². The molecule has 0 radical (unpaired) electrons. The third-order valence-electron chi connectivity index (χ3n) is 6.63. The number of rotatable bonds is 9. The van der Waals surface area contributed by atoms with Crippen LogP contribution < -0.4 is 5.32 Å². The van der Waals surface area contributed by atoms with Crippen LogP contribution in [0.3, 0.4) is 0 Å². The summed E-state index contributed by atoms with van der Waals surface area (Å²) in [6.07, 6.45) is 2.46. The van der Waals surface area contributed by atoms with Gasteiger partial charge in [0, 0.05) is 38.3 Å². The summed E-state index contributed by atoms with van der Waals surface area (Å²) in [5.41, 5.74) is 3.27. The van der Waals surface area contributed by atoms with Crippen molar-refractivity contribution >= 4 is 23.2 Å². The molecule has 0 saturated carbocycles. The number of hydrogen-bond acceptors (Lipinski definition) is 7. The topological polar surface area (TPSA) is 113 Å². The summed E-state index contributed by atoms with van der Waals surface area (Å²) < 4.78 is 0. The van der Waals surface area contributed by atoms with E-state index in [1.54, 1.807) is 24.3 Å². The van der Waals surface area contributed by atoms with Crippen molar-refractivity contribution in [3.8, 4) is 12.1 Å². The molecule has 3 heterocycles. The molecular weight excluding hydrogens is 460 g/mol. The van der Waals surface area contributed by atoms with Crippen molar-refractivity contribution in [1.82, 2.24) is 20.1 Å². The molecule has 0 spiro atoms. The second-order valence-corrected chi connectivity index (χ2v) is 9.83. The largest absolute Gasteiger partial charge is 0.352 e.